The van der Waals surface area contributed by atoms with Gasteiger partial charge in [-0.2, -0.15) is 0 Å². The fraction of sp³-hybridized carbons (Fsp3) is 0.111. The Morgan fingerprint density at radius 1 is 0.967 bits per heavy atom. The Balaban J connectivity index is 1.46. The molecular weight excluding hydrogens is 372 g/mol. The molecule has 0 atom stereocenters. The molecule has 0 unspecified atom stereocenters. The lowest BCUT2D eigenvalue weighted by molar-refractivity contribution is 0.0696. The van der Waals surface area contributed by atoms with Crippen LogP contribution in [0.1, 0.15) is 44.3 Å². The average Bonchev–Trinajstić information content (AvgIpc) is 3.09. The standard InChI is InChI=1S/C27H22O3/c1-2-18-6-11-23-17-24(26(28)25(23)16-18)5-3-4-19-7-9-20(10-8-19)21-12-14-22(15-13-21)27(29)30/h3-16H,2,17H2,1H3,(H,29,30)/b4-3+,24-5+. The first-order valence-corrected chi connectivity index (χ1v) is 10.0. The Labute approximate surface area is 176 Å². The smallest absolute Gasteiger partial charge is 0.335 e. The average molecular weight is 394 g/mol. The van der Waals surface area contributed by atoms with Gasteiger partial charge in [0.1, 0.15) is 0 Å². The molecule has 3 nitrogen and oxygen atoms in total. The Hall–Kier alpha value is -3.72. The van der Waals surface area contributed by atoms with E-state index in [0.29, 0.717) is 6.42 Å². The quantitative estimate of drug-likeness (QED) is 0.541. The highest BCUT2D eigenvalue weighted by Gasteiger charge is 2.24. The molecule has 3 heteroatoms. The van der Waals surface area contributed by atoms with Crippen molar-refractivity contribution in [1.29, 1.82) is 0 Å². The van der Waals surface area contributed by atoms with Crippen molar-refractivity contribution in [2.75, 3.05) is 0 Å². The Morgan fingerprint density at radius 3 is 2.27 bits per heavy atom. The second kappa shape index (κ2) is 8.34. The molecule has 4 rings (SSSR count). The van der Waals surface area contributed by atoms with E-state index in [1.165, 1.54) is 5.56 Å². The van der Waals surface area contributed by atoms with E-state index in [1.54, 1.807) is 12.1 Å². The predicted octanol–water partition coefficient (Wildman–Crippen LogP) is 5.99. The van der Waals surface area contributed by atoms with Gasteiger partial charge in [0.2, 0.25) is 0 Å². The summed E-state index contributed by atoms with van der Waals surface area (Å²) < 4.78 is 0. The molecule has 3 aromatic rings. The van der Waals surface area contributed by atoms with Gasteiger partial charge >= 0.3 is 5.97 Å². The van der Waals surface area contributed by atoms with Crippen molar-refractivity contribution in [2.24, 2.45) is 0 Å². The Morgan fingerprint density at radius 2 is 1.63 bits per heavy atom. The zero-order valence-corrected chi connectivity index (χ0v) is 16.8. The SMILES string of the molecule is CCc1ccc2c(c1)C(=O)/C(=C/C=C/c1ccc(-c3ccc(C(=O)O)cc3)cc1)C2. The van der Waals surface area contributed by atoms with Crippen LogP contribution >= 0.6 is 0 Å². The van der Waals surface area contributed by atoms with E-state index in [4.69, 9.17) is 5.11 Å². The van der Waals surface area contributed by atoms with Gasteiger partial charge in [0.05, 0.1) is 5.56 Å². The molecule has 1 aliphatic carbocycles. The third-order valence-corrected chi connectivity index (χ3v) is 5.46. The van der Waals surface area contributed by atoms with E-state index in [0.717, 1.165) is 39.8 Å². The van der Waals surface area contributed by atoms with Crippen LogP contribution in [0.2, 0.25) is 0 Å². The van der Waals surface area contributed by atoms with Crippen molar-refractivity contribution in [2.45, 2.75) is 19.8 Å². The minimum Gasteiger partial charge on any atom is -0.478 e. The molecule has 0 saturated heterocycles. The number of aryl methyl sites for hydroxylation is 1. The number of hydrogen-bond acceptors (Lipinski definition) is 2. The number of carbonyl (C=O) groups is 2. The van der Waals surface area contributed by atoms with Gasteiger partial charge in [-0.25, -0.2) is 4.79 Å². The molecule has 0 bridgehead atoms. The van der Waals surface area contributed by atoms with Gasteiger partial charge in [-0.1, -0.05) is 73.7 Å². The molecule has 0 fully saturated rings. The number of ketones is 1. The number of carboxylic acid groups (broad SMARTS) is 1. The third kappa shape index (κ3) is 4.01. The van der Waals surface area contributed by atoms with Gasteiger partial charge in [0.15, 0.2) is 5.78 Å². The van der Waals surface area contributed by atoms with E-state index in [2.05, 4.69) is 19.1 Å². The summed E-state index contributed by atoms with van der Waals surface area (Å²) in [7, 11) is 0. The second-order valence-corrected chi connectivity index (χ2v) is 7.41. The van der Waals surface area contributed by atoms with Crippen molar-refractivity contribution in [1.82, 2.24) is 0 Å². The molecule has 30 heavy (non-hydrogen) atoms. The maximum atomic E-state index is 12.6. The van der Waals surface area contributed by atoms with Crippen molar-refractivity contribution >= 4 is 17.8 Å². The van der Waals surface area contributed by atoms with Crippen LogP contribution in [0, 0.1) is 0 Å². The van der Waals surface area contributed by atoms with Crippen LogP contribution < -0.4 is 0 Å². The van der Waals surface area contributed by atoms with Crippen LogP contribution in [-0.2, 0) is 12.8 Å². The summed E-state index contributed by atoms with van der Waals surface area (Å²) in [5.74, 6) is -0.795. The predicted molar refractivity (Wildman–Crippen MR) is 120 cm³/mol. The van der Waals surface area contributed by atoms with Gasteiger partial charge in [-0.05, 0) is 52.4 Å². The number of fused-ring (bicyclic) bond motifs is 1. The lowest BCUT2D eigenvalue weighted by Crippen LogP contribution is -1.95. The van der Waals surface area contributed by atoms with Crippen molar-refractivity contribution in [3.63, 3.8) is 0 Å². The molecule has 0 aromatic heterocycles. The van der Waals surface area contributed by atoms with E-state index in [-0.39, 0.29) is 11.3 Å². The number of benzene rings is 3. The van der Waals surface area contributed by atoms with Gasteiger partial charge in [-0.3, -0.25) is 4.79 Å². The topological polar surface area (TPSA) is 54.4 Å². The maximum absolute atomic E-state index is 12.6. The first kappa shape index (κ1) is 19.6. The highest BCUT2D eigenvalue weighted by molar-refractivity contribution is 6.13. The number of hydrogen-bond donors (Lipinski definition) is 1. The number of Topliss-reactive ketones (excluding diaryl/α,β-unsaturated/α-hetero) is 1. The summed E-state index contributed by atoms with van der Waals surface area (Å²) in [4.78, 5) is 23.6. The van der Waals surface area contributed by atoms with Crippen molar-refractivity contribution < 1.29 is 14.7 Å². The van der Waals surface area contributed by atoms with Crippen LogP contribution in [0.15, 0.2) is 84.5 Å². The summed E-state index contributed by atoms with van der Waals surface area (Å²) in [6, 6.07) is 21.1. The molecule has 0 heterocycles. The number of rotatable bonds is 5. The molecule has 3 aromatic carbocycles. The molecule has 0 aliphatic heterocycles. The highest BCUT2D eigenvalue weighted by Crippen LogP contribution is 2.27. The highest BCUT2D eigenvalue weighted by atomic mass is 16.4. The lowest BCUT2D eigenvalue weighted by Gasteiger charge is -2.03. The number of aromatic carboxylic acids is 1. The normalized spacial score (nSPS) is 14.4. The molecular formula is C27H22O3. The van der Waals surface area contributed by atoms with E-state index < -0.39 is 5.97 Å². The van der Waals surface area contributed by atoms with Crippen LogP contribution in [-0.4, -0.2) is 16.9 Å². The summed E-state index contributed by atoms with van der Waals surface area (Å²) in [6.45, 7) is 2.09. The zero-order chi connectivity index (χ0) is 21.1. The maximum Gasteiger partial charge on any atom is 0.335 e. The van der Waals surface area contributed by atoms with Crippen LogP contribution in [0.4, 0.5) is 0 Å². The minimum absolute atomic E-state index is 0.130. The first-order chi connectivity index (χ1) is 14.5. The van der Waals surface area contributed by atoms with E-state index in [1.807, 2.05) is 60.7 Å². The van der Waals surface area contributed by atoms with Gasteiger partial charge in [0.25, 0.3) is 0 Å². The summed E-state index contributed by atoms with van der Waals surface area (Å²) in [5.41, 5.74) is 7.27. The van der Waals surface area contributed by atoms with E-state index >= 15 is 0 Å². The lowest BCUT2D eigenvalue weighted by atomic mass is 10.0. The summed E-state index contributed by atoms with van der Waals surface area (Å²) >= 11 is 0. The van der Waals surface area contributed by atoms with E-state index in [9.17, 15) is 9.59 Å². The fourth-order valence-electron chi connectivity index (χ4n) is 3.67. The van der Waals surface area contributed by atoms with Crippen LogP contribution in [0.5, 0.6) is 0 Å². The van der Waals surface area contributed by atoms with Gasteiger partial charge in [-0.15, -0.1) is 0 Å². The Kier molecular flexibility index (Phi) is 5.44. The number of carbonyl (C=O) groups excluding carboxylic acids is 1. The van der Waals surface area contributed by atoms with Crippen molar-refractivity contribution in [3.8, 4) is 11.1 Å². The molecule has 1 N–H and O–H groups in total. The minimum atomic E-state index is -0.925. The first-order valence-electron chi connectivity index (χ1n) is 10.0. The summed E-state index contributed by atoms with van der Waals surface area (Å²) in [5, 5.41) is 9.00. The van der Waals surface area contributed by atoms with Crippen LogP contribution in [0.25, 0.3) is 17.2 Å². The molecule has 1 aliphatic rings. The van der Waals surface area contributed by atoms with Crippen molar-refractivity contribution in [3.05, 3.63) is 112 Å². The molecule has 148 valence electrons. The van der Waals surface area contributed by atoms with Gasteiger partial charge < -0.3 is 5.11 Å². The Bertz CT molecular complexity index is 1160. The number of carboxylic acids is 1. The monoisotopic (exact) mass is 394 g/mol. The molecule has 0 spiro atoms. The van der Waals surface area contributed by atoms with Gasteiger partial charge in [0, 0.05) is 17.6 Å². The fourth-order valence-corrected chi connectivity index (χ4v) is 3.67. The molecule has 0 radical (unpaired) electrons. The third-order valence-electron chi connectivity index (χ3n) is 5.46. The molecule has 0 saturated carbocycles. The summed E-state index contributed by atoms with van der Waals surface area (Å²) in [6.07, 6.45) is 7.44. The number of allylic oxidation sites excluding steroid dienone is 3. The molecule has 0 amide bonds. The zero-order valence-electron chi connectivity index (χ0n) is 16.8. The second-order valence-electron chi connectivity index (χ2n) is 7.41. The largest absolute Gasteiger partial charge is 0.478 e. The van der Waals surface area contributed by atoms with Crippen LogP contribution in [0.3, 0.4) is 0 Å².